The van der Waals surface area contributed by atoms with Gasteiger partial charge in [0.15, 0.2) is 0 Å². The van der Waals surface area contributed by atoms with Crippen molar-refractivity contribution in [1.82, 2.24) is 4.98 Å². The smallest absolute Gasteiger partial charge is 0.0562 e. The summed E-state index contributed by atoms with van der Waals surface area (Å²) in [7, 11) is 0. The number of nitrogens with zero attached hydrogens (tertiary/aromatic N) is 1. The summed E-state index contributed by atoms with van der Waals surface area (Å²) < 4.78 is 0. The molecule has 1 atom stereocenters. The highest BCUT2D eigenvalue weighted by atomic mass is 14.9. The van der Waals surface area contributed by atoms with E-state index in [2.05, 4.69) is 30.2 Å². The molecule has 1 aliphatic rings. The van der Waals surface area contributed by atoms with Crippen LogP contribution in [0.3, 0.4) is 0 Å². The first-order valence-electron chi connectivity index (χ1n) is 4.97. The van der Waals surface area contributed by atoms with Gasteiger partial charge >= 0.3 is 0 Å². The largest absolute Gasteiger partial charge is 0.384 e. The second-order valence-corrected chi connectivity index (χ2v) is 4.03. The van der Waals surface area contributed by atoms with Gasteiger partial charge < -0.3 is 5.32 Å². The SMILES string of the molecule is CC(C)C1CCNc2cnccc21. The van der Waals surface area contributed by atoms with E-state index in [1.807, 2.05) is 12.4 Å². The Bertz CT molecular complexity index is 294. The molecule has 2 rings (SSSR count). The molecule has 2 heteroatoms. The van der Waals surface area contributed by atoms with E-state index in [4.69, 9.17) is 0 Å². The number of nitrogens with one attached hydrogen (secondary N) is 1. The summed E-state index contributed by atoms with van der Waals surface area (Å²) in [6, 6.07) is 2.14. The molecule has 2 nitrogen and oxygen atoms in total. The van der Waals surface area contributed by atoms with Crippen LogP contribution in [-0.4, -0.2) is 11.5 Å². The van der Waals surface area contributed by atoms with Gasteiger partial charge in [0.25, 0.3) is 0 Å². The lowest BCUT2D eigenvalue weighted by atomic mass is 9.83. The van der Waals surface area contributed by atoms with Crippen molar-refractivity contribution in [2.45, 2.75) is 26.2 Å². The Morgan fingerprint density at radius 2 is 2.38 bits per heavy atom. The Labute approximate surface area is 79.4 Å². The van der Waals surface area contributed by atoms with Crippen molar-refractivity contribution >= 4 is 5.69 Å². The fraction of sp³-hybridized carbons (Fsp3) is 0.545. The zero-order chi connectivity index (χ0) is 9.26. The molecule has 1 aromatic rings. The van der Waals surface area contributed by atoms with E-state index in [0.29, 0.717) is 5.92 Å². The minimum Gasteiger partial charge on any atom is -0.384 e. The molecule has 0 amide bonds. The molecule has 1 aromatic heterocycles. The van der Waals surface area contributed by atoms with Crippen LogP contribution in [0.1, 0.15) is 31.7 Å². The predicted octanol–water partition coefficient (Wildman–Crippen LogP) is 2.64. The molecular formula is C11H16N2. The maximum atomic E-state index is 4.13. The second-order valence-electron chi connectivity index (χ2n) is 4.03. The average Bonchev–Trinajstić information content (AvgIpc) is 2.17. The number of hydrogen-bond acceptors (Lipinski definition) is 2. The lowest BCUT2D eigenvalue weighted by molar-refractivity contribution is 0.469. The van der Waals surface area contributed by atoms with Gasteiger partial charge in [-0.15, -0.1) is 0 Å². The summed E-state index contributed by atoms with van der Waals surface area (Å²) in [6.07, 6.45) is 5.07. The van der Waals surface area contributed by atoms with Gasteiger partial charge in [-0.1, -0.05) is 13.8 Å². The van der Waals surface area contributed by atoms with Crippen molar-refractivity contribution in [1.29, 1.82) is 0 Å². The Balaban J connectivity index is 2.37. The standard InChI is InChI=1S/C11H16N2/c1-8(2)9-4-6-13-11-7-12-5-3-10(9)11/h3,5,7-9,13H,4,6H2,1-2H3. The van der Waals surface area contributed by atoms with Gasteiger partial charge in [-0.05, 0) is 29.9 Å². The molecule has 13 heavy (non-hydrogen) atoms. The number of aromatic nitrogens is 1. The molecule has 0 radical (unpaired) electrons. The van der Waals surface area contributed by atoms with Crippen LogP contribution in [-0.2, 0) is 0 Å². The molecule has 0 spiro atoms. The third-order valence-electron chi connectivity index (χ3n) is 2.83. The Hall–Kier alpha value is -1.05. The molecule has 0 fully saturated rings. The first-order chi connectivity index (χ1) is 6.29. The van der Waals surface area contributed by atoms with Crippen molar-refractivity contribution in [2.24, 2.45) is 5.92 Å². The van der Waals surface area contributed by atoms with Crippen molar-refractivity contribution in [3.8, 4) is 0 Å². The summed E-state index contributed by atoms with van der Waals surface area (Å²) in [4.78, 5) is 4.13. The van der Waals surface area contributed by atoms with E-state index in [1.165, 1.54) is 17.7 Å². The highest BCUT2D eigenvalue weighted by molar-refractivity contribution is 5.52. The van der Waals surface area contributed by atoms with Crippen LogP contribution in [0.2, 0.25) is 0 Å². The van der Waals surface area contributed by atoms with Gasteiger partial charge in [0.2, 0.25) is 0 Å². The zero-order valence-corrected chi connectivity index (χ0v) is 8.25. The van der Waals surface area contributed by atoms with Crippen LogP contribution in [0.4, 0.5) is 5.69 Å². The van der Waals surface area contributed by atoms with Gasteiger partial charge in [-0.25, -0.2) is 0 Å². The number of anilines is 1. The van der Waals surface area contributed by atoms with E-state index in [9.17, 15) is 0 Å². The third kappa shape index (κ3) is 1.53. The molecule has 0 aromatic carbocycles. The summed E-state index contributed by atoms with van der Waals surface area (Å²) in [5.74, 6) is 1.43. The minimum atomic E-state index is 0.708. The third-order valence-corrected chi connectivity index (χ3v) is 2.83. The fourth-order valence-corrected chi connectivity index (χ4v) is 2.09. The first kappa shape index (κ1) is 8.54. The normalized spacial score (nSPS) is 21.0. The highest BCUT2D eigenvalue weighted by Gasteiger charge is 2.22. The number of pyridine rings is 1. The molecule has 0 saturated heterocycles. The van der Waals surface area contributed by atoms with E-state index >= 15 is 0 Å². The summed E-state index contributed by atoms with van der Waals surface area (Å²) >= 11 is 0. The fourth-order valence-electron chi connectivity index (χ4n) is 2.09. The van der Waals surface area contributed by atoms with Crippen LogP contribution in [0.5, 0.6) is 0 Å². The van der Waals surface area contributed by atoms with Crippen molar-refractivity contribution in [3.05, 3.63) is 24.0 Å². The molecule has 2 heterocycles. The average molecular weight is 176 g/mol. The van der Waals surface area contributed by atoms with Gasteiger partial charge in [0, 0.05) is 12.7 Å². The van der Waals surface area contributed by atoms with Crippen LogP contribution >= 0.6 is 0 Å². The molecular weight excluding hydrogens is 160 g/mol. The zero-order valence-electron chi connectivity index (χ0n) is 8.25. The Kier molecular flexibility index (Phi) is 2.21. The van der Waals surface area contributed by atoms with Gasteiger partial charge in [-0.2, -0.15) is 0 Å². The maximum absolute atomic E-state index is 4.13. The van der Waals surface area contributed by atoms with Crippen LogP contribution in [0.25, 0.3) is 0 Å². The predicted molar refractivity (Wildman–Crippen MR) is 54.9 cm³/mol. The van der Waals surface area contributed by atoms with E-state index in [0.717, 1.165) is 12.5 Å². The molecule has 1 N–H and O–H groups in total. The molecule has 70 valence electrons. The first-order valence-corrected chi connectivity index (χ1v) is 4.97. The maximum Gasteiger partial charge on any atom is 0.0562 e. The molecule has 0 bridgehead atoms. The number of fused-ring (bicyclic) bond motifs is 1. The highest BCUT2D eigenvalue weighted by Crippen LogP contribution is 2.35. The summed E-state index contributed by atoms with van der Waals surface area (Å²) in [5, 5.41) is 3.38. The van der Waals surface area contributed by atoms with Crippen LogP contribution in [0.15, 0.2) is 18.5 Å². The van der Waals surface area contributed by atoms with Crippen LogP contribution in [0, 0.1) is 5.92 Å². The molecule has 0 aliphatic carbocycles. The van der Waals surface area contributed by atoms with Crippen molar-refractivity contribution in [3.63, 3.8) is 0 Å². The monoisotopic (exact) mass is 176 g/mol. The second kappa shape index (κ2) is 3.36. The quantitative estimate of drug-likeness (QED) is 0.711. The Morgan fingerprint density at radius 1 is 1.54 bits per heavy atom. The lowest BCUT2D eigenvalue weighted by Gasteiger charge is -2.28. The van der Waals surface area contributed by atoms with Crippen molar-refractivity contribution < 1.29 is 0 Å². The van der Waals surface area contributed by atoms with Crippen molar-refractivity contribution in [2.75, 3.05) is 11.9 Å². The minimum absolute atomic E-state index is 0.708. The summed E-state index contributed by atoms with van der Waals surface area (Å²) in [5.41, 5.74) is 2.67. The topological polar surface area (TPSA) is 24.9 Å². The van der Waals surface area contributed by atoms with Gasteiger partial charge in [0.05, 0.1) is 11.9 Å². The van der Waals surface area contributed by atoms with Gasteiger partial charge in [-0.3, -0.25) is 4.98 Å². The van der Waals surface area contributed by atoms with Crippen LogP contribution < -0.4 is 5.32 Å². The number of hydrogen-bond donors (Lipinski definition) is 1. The number of rotatable bonds is 1. The summed E-state index contributed by atoms with van der Waals surface area (Å²) in [6.45, 7) is 5.67. The lowest BCUT2D eigenvalue weighted by Crippen LogP contribution is -2.20. The molecule has 1 aliphatic heterocycles. The Morgan fingerprint density at radius 3 is 3.15 bits per heavy atom. The van der Waals surface area contributed by atoms with E-state index in [1.54, 1.807) is 0 Å². The van der Waals surface area contributed by atoms with E-state index in [-0.39, 0.29) is 0 Å². The van der Waals surface area contributed by atoms with Gasteiger partial charge in [0.1, 0.15) is 0 Å². The van der Waals surface area contributed by atoms with E-state index < -0.39 is 0 Å². The molecule has 1 unspecified atom stereocenters. The molecule has 0 saturated carbocycles.